The molecule has 2 N–H and O–H groups in total. The Balaban J connectivity index is 2.07. The zero-order chi connectivity index (χ0) is 17.5. The number of hydrogen-bond acceptors (Lipinski definition) is 2. The third-order valence-electron chi connectivity index (χ3n) is 3.92. The van der Waals surface area contributed by atoms with Gasteiger partial charge >= 0.3 is 0 Å². The molecule has 0 saturated carbocycles. The minimum absolute atomic E-state index is 0.0915. The van der Waals surface area contributed by atoms with Gasteiger partial charge in [0.05, 0.1) is 17.7 Å². The number of rotatable bonds is 6. The molecule has 0 aliphatic heterocycles. The normalized spacial score (nSPS) is 11.6. The van der Waals surface area contributed by atoms with Gasteiger partial charge in [0.2, 0.25) is 5.91 Å². The number of aryl methyl sites for hydroxylation is 1. The molecule has 0 fully saturated rings. The van der Waals surface area contributed by atoms with E-state index in [-0.39, 0.29) is 24.3 Å². The molecule has 4 nitrogen and oxygen atoms in total. The van der Waals surface area contributed by atoms with E-state index >= 15 is 0 Å². The fourth-order valence-corrected chi connectivity index (χ4v) is 2.28. The lowest BCUT2D eigenvalue weighted by Crippen LogP contribution is -2.32. The molecule has 0 saturated heterocycles. The molecule has 0 spiro atoms. The maximum atomic E-state index is 12.3. The van der Waals surface area contributed by atoms with E-state index in [4.69, 9.17) is 0 Å². The summed E-state index contributed by atoms with van der Waals surface area (Å²) < 4.78 is 0. The van der Waals surface area contributed by atoms with E-state index in [1.165, 1.54) is 0 Å². The van der Waals surface area contributed by atoms with Gasteiger partial charge in [0.1, 0.15) is 0 Å². The molecule has 0 aliphatic rings. The van der Waals surface area contributed by atoms with Crippen LogP contribution in [0.3, 0.4) is 0 Å². The standard InChI is InChI=1S/C20H24N2O2/c1-4-15(3)21-20(24)17-7-5-6-8-18(17)22-19(23)13-16-11-9-14(2)10-12-16/h5-12,15H,4,13H2,1-3H3,(H,21,24)(H,22,23)/t15-/m1/s1. The van der Waals surface area contributed by atoms with Gasteiger partial charge in [-0.3, -0.25) is 9.59 Å². The van der Waals surface area contributed by atoms with Gasteiger partial charge in [-0.25, -0.2) is 0 Å². The minimum atomic E-state index is -0.171. The van der Waals surface area contributed by atoms with Gasteiger partial charge in [-0.15, -0.1) is 0 Å². The Kier molecular flexibility index (Phi) is 6.13. The van der Waals surface area contributed by atoms with Crippen LogP contribution in [0.1, 0.15) is 41.8 Å². The molecule has 0 radical (unpaired) electrons. The van der Waals surface area contributed by atoms with Crippen molar-refractivity contribution in [1.29, 1.82) is 0 Å². The predicted octanol–water partition coefficient (Wildman–Crippen LogP) is 3.70. The van der Waals surface area contributed by atoms with Crippen LogP contribution in [0, 0.1) is 6.92 Å². The van der Waals surface area contributed by atoms with Crippen molar-refractivity contribution in [2.45, 2.75) is 39.7 Å². The van der Waals surface area contributed by atoms with Crippen molar-refractivity contribution in [1.82, 2.24) is 5.32 Å². The molecular formula is C20H24N2O2. The second-order valence-corrected chi connectivity index (χ2v) is 6.04. The van der Waals surface area contributed by atoms with E-state index in [1.807, 2.05) is 51.1 Å². The van der Waals surface area contributed by atoms with Crippen LogP contribution in [0.5, 0.6) is 0 Å². The average molecular weight is 324 g/mol. The first-order valence-electron chi connectivity index (χ1n) is 8.25. The van der Waals surface area contributed by atoms with Crippen LogP contribution in [-0.2, 0) is 11.2 Å². The van der Waals surface area contributed by atoms with Gasteiger partial charge in [-0.05, 0) is 38.0 Å². The zero-order valence-corrected chi connectivity index (χ0v) is 14.4. The number of amides is 2. The SMILES string of the molecule is CC[C@@H](C)NC(=O)c1ccccc1NC(=O)Cc1ccc(C)cc1. The summed E-state index contributed by atoms with van der Waals surface area (Å²) in [5.74, 6) is -0.307. The van der Waals surface area contributed by atoms with Crippen LogP contribution in [0.2, 0.25) is 0 Å². The fraction of sp³-hybridized carbons (Fsp3) is 0.300. The second kappa shape index (κ2) is 8.29. The first kappa shape index (κ1) is 17.7. The molecule has 0 aliphatic carbocycles. The van der Waals surface area contributed by atoms with Crippen molar-refractivity contribution in [3.8, 4) is 0 Å². The Bertz CT molecular complexity index is 708. The highest BCUT2D eigenvalue weighted by molar-refractivity contribution is 6.04. The Hall–Kier alpha value is -2.62. The van der Waals surface area contributed by atoms with E-state index < -0.39 is 0 Å². The van der Waals surface area contributed by atoms with E-state index in [9.17, 15) is 9.59 Å². The van der Waals surface area contributed by atoms with E-state index in [0.717, 1.165) is 17.5 Å². The van der Waals surface area contributed by atoms with Crippen LogP contribution < -0.4 is 10.6 Å². The highest BCUT2D eigenvalue weighted by Gasteiger charge is 2.14. The summed E-state index contributed by atoms with van der Waals surface area (Å²) in [5.41, 5.74) is 3.12. The highest BCUT2D eigenvalue weighted by Crippen LogP contribution is 2.16. The summed E-state index contributed by atoms with van der Waals surface area (Å²) in [6.45, 7) is 5.98. The Labute approximate surface area is 143 Å². The van der Waals surface area contributed by atoms with Gasteiger partial charge in [0.25, 0.3) is 5.91 Å². The van der Waals surface area contributed by atoms with Crippen molar-refractivity contribution >= 4 is 17.5 Å². The van der Waals surface area contributed by atoms with Crippen LogP contribution >= 0.6 is 0 Å². The van der Waals surface area contributed by atoms with Crippen molar-refractivity contribution < 1.29 is 9.59 Å². The average Bonchev–Trinajstić information content (AvgIpc) is 2.57. The number of para-hydroxylation sites is 1. The first-order chi connectivity index (χ1) is 11.5. The van der Waals surface area contributed by atoms with Crippen LogP contribution in [0.15, 0.2) is 48.5 Å². The van der Waals surface area contributed by atoms with E-state index in [2.05, 4.69) is 10.6 Å². The minimum Gasteiger partial charge on any atom is -0.350 e. The number of nitrogens with one attached hydrogen (secondary N) is 2. The second-order valence-electron chi connectivity index (χ2n) is 6.04. The van der Waals surface area contributed by atoms with Crippen LogP contribution in [0.4, 0.5) is 5.69 Å². The summed E-state index contributed by atoms with van der Waals surface area (Å²) in [4.78, 5) is 24.6. The lowest BCUT2D eigenvalue weighted by molar-refractivity contribution is -0.115. The topological polar surface area (TPSA) is 58.2 Å². The molecule has 1 atom stereocenters. The molecule has 2 rings (SSSR count). The van der Waals surface area contributed by atoms with Crippen molar-refractivity contribution in [2.24, 2.45) is 0 Å². The quantitative estimate of drug-likeness (QED) is 0.851. The molecular weight excluding hydrogens is 300 g/mol. The maximum Gasteiger partial charge on any atom is 0.253 e. The summed E-state index contributed by atoms with van der Waals surface area (Å²) in [5, 5.41) is 5.77. The van der Waals surface area contributed by atoms with Crippen LogP contribution in [-0.4, -0.2) is 17.9 Å². The third kappa shape index (κ3) is 4.95. The fourth-order valence-electron chi connectivity index (χ4n) is 2.28. The molecule has 0 aromatic heterocycles. The molecule has 2 aromatic rings. The van der Waals surface area contributed by atoms with Crippen molar-refractivity contribution in [2.75, 3.05) is 5.32 Å². The van der Waals surface area contributed by atoms with Crippen molar-refractivity contribution in [3.05, 3.63) is 65.2 Å². The molecule has 126 valence electrons. The maximum absolute atomic E-state index is 12.3. The van der Waals surface area contributed by atoms with Gasteiger partial charge in [0.15, 0.2) is 0 Å². The highest BCUT2D eigenvalue weighted by atomic mass is 16.2. The first-order valence-corrected chi connectivity index (χ1v) is 8.25. The smallest absolute Gasteiger partial charge is 0.253 e. The Morgan fingerprint density at radius 2 is 1.71 bits per heavy atom. The lowest BCUT2D eigenvalue weighted by atomic mass is 10.1. The predicted molar refractivity (Wildman–Crippen MR) is 97.2 cm³/mol. The van der Waals surface area contributed by atoms with Crippen LogP contribution in [0.25, 0.3) is 0 Å². The van der Waals surface area contributed by atoms with E-state index in [1.54, 1.807) is 18.2 Å². The largest absolute Gasteiger partial charge is 0.350 e. The number of hydrogen-bond donors (Lipinski definition) is 2. The molecule has 0 heterocycles. The Morgan fingerprint density at radius 3 is 2.38 bits per heavy atom. The number of carbonyl (C=O) groups is 2. The number of anilines is 1. The van der Waals surface area contributed by atoms with Gasteiger partial charge in [-0.2, -0.15) is 0 Å². The summed E-state index contributed by atoms with van der Waals surface area (Å²) >= 11 is 0. The Morgan fingerprint density at radius 1 is 1.04 bits per heavy atom. The molecule has 2 amide bonds. The van der Waals surface area contributed by atoms with Gasteiger partial charge < -0.3 is 10.6 Å². The molecule has 2 aromatic carbocycles. The molecule has 24 heavy (non-hydrogen) atoms. The van der Waals surface area contributed by atoms with Gasteiger partial charge in [-0.1, -0.05) is 48.9 Å². The number of benzene rings is 2. The summed E-state index contributed by atoms with van der Waals surface area (Å²) in [6, 6.07) is 15.0. The molecule has 0 bridgehead atoms. The lowest BCUT2D eigenvalue weighted by Gasteiger charge is -2.14. The zero-order valence-electron chi connectivity index (χ0n) is 14.4. The third-order valence-corrected chi connectivity index (χ3v) is 3.92. The summed E-state index contributed by atoms with van der Waals surface area (Å²) in [6.07, 6.45) is 1.13. The van der Waals surface area contributed by atoms with Gasteiger partial charge in [0, 0.05) is 6.04 Å². The molecule has 4 heteroatoms. The monoisotopic (exact) mass is 324 g/mol. The van der Waals surface area contributed by atoms with E-state index in [0.29, 0.717) is 11.3 Å². The molecule has 0 unspecified atom stereocenters. The van der Waals surface area contributed by atoms with Crippen molar-refractivity contribution in [3.63, 3.8) is 0 Å². The summed E-state index contributed by atoms with van der Waals surface area (Å²) in [7, 11) is 0. The number of carbonyl (C=O) groups excluding carboxylic acids is 2.